The Kier molecular flexibility index (Phi) is 5.73. The molecule has 1 atom stereocenters. The van der Waals surface area contributed by atoms with Crippen LogP contribution in [0, 0.1) is 0 Å². The Morgan fingerprint density at radius 1 is 1.21 bits per heavy atom. The van der Waals surface area contributed by atoms with Crippen LogP contribution < -0.4 is 15.5 Å². The first-order valence-corrected chi connectivity index (χ1v) is 12.3. The number of H-pyrrole nitrogens is 1. The molecular formula is C23H27N8O2S+. The van der Waals surface area contributed by atoms with Crippen LogP contribution in [0.15, 0.2) is 64.6 Å². The summed E-state index contributed by atoms with van der Waals surface area (Å²) in [4.78, 5) is 20.9. The predicted molar refractivity (Wildman–Crippen MR) is 130 cm³/mol. The van der Waals surface area contributed by atoms with Crippen molar-refractivity contribution in [2.45, 2.75) is 23.7 Å². The number of anilines is 2. The number of aromatic nitrogens is 2. The number of quaternary nitrogens is 1. The number of nitrogens with one attached hydrogen (secondary N) is 4. The number of hydrogen-bond donors (Lipinski definition) is 4. The van der Waals surface area contributed by atoms with E-state index in [2.05, 4.69) is 42.4 Å². The number of aliphatic imine (C=N–C) groups is 1. The lowest BCUT2D eigenvalue weighted by Crippen LogP contribution is -3.10. The number of amides is 2. The van der Waals surface area contributed by atoms with Crippen molar-refractivity contribution in [3.05, 3.63) is 60.4 Å². The van der Waals surface area contributed by atoms with Gasteiger partial charge in [-0.15, -0.1) is 0 Å². The molecule has 34 heavy (non-hydrogen) atoms. The van der Waals surface area contributed by atoms with Crippen molar-refractivity contribution in [3.63, 3.8) is 0 Å². The molecule has 1 saturated carbocycles. The van der Waals surface area contributed by atoms with Gasteiger partial charge in [0, 0.05) is 41.4 Å². The summed E-state index contributed by atoms with van der Waals surface area (Å²) >= 11 is 1.63. The molecule has 1 aromatic heterocycles. The minimum atomic E-state index is -0.0867. The highest BCUT2D eigenvalue weighted by Gasteiger charge is 2.32. The molecule has 0 spiro atoms. The lowest BCUT2D eigenvalue weighted by molar-refractivity contribution is -0.699. The third kappa shape index (κ3) is 4.67. The topological polar surface area (TPSA) is 102 Å². The van der Waals surface area contributed by atoms with Crippen LogP contribution in [0.2, 0.25) is 0 Å². The van der Waals surface area contributed by atoms with Gasteiger partial charge in [0.25, 0.3) is 0 Å². The van der Waals surface area contributed by atoms with Gasteiger partial charge in [0.1, 0.15) is 12.7 Å². The monoisotopic (exact) mass is 479 g/mol. The highest BCUT2D eigenvalue weighted by atomic mass is 32.2. The van der Waals surface area contributed by atoms with Crippen LogP contribution in [0.1, 0.15) is 24.5 Å². The summed E-state index contributed by atoms with van der Waals surface area (Å²) in [6.45, 7) is 3.13. The van der Waals surface area contributed by atoms with E-state index in [1.54, 1.807) is 16.8 Å². The third-order valence-corrected chi connectivity index (χ3v) is 7.11. The smallest absolute Gasteiger partial charge is 0.321 e. The van der Waals surface area contributed by atoms with E-state index < -0.39 is 0 Å². The second-order valence-corrected chi connectivity index (χ2v) is 9.80. The predicted octanol–water partition coefficient (Wildman–Crippen LogP) is 2.15. The van der Waals surface area contributed by atoms with Crippen LogP contribution in [-0.4, -0.2) is 64.1 Å². The van der Waals surface area contributed by atoms with Crippen molar-refractivity contribution < 1.29 is 14.4 Å². The average Bonchev–Trinajstić information content (AvgIpc) is 3.41. The van der Waals surface area contributed by atoms with Crippen molar-refractivity contribution in [2.75, 3.05) is 43.5 Å². The molecule has 4 aliphatic rings. The van der Waals surface area contributed by atoms with Crippen molar-refractivity contribution in [1.29, 1.82) is 0 Å². The molecule has 0 radical (unpaired) electrons. The standard InChI is InChI=1S/C23H26N8O2S/c32-23(29-9-11-33-12-10-29)25-17-3-5-18(6-4-17)34-30-14-21-24-7-8-31(21)22(15-30)26-20-13-19(27-28-20)16-1-2-16/h3-8,13,15-16H,1-2,9-12,14H2,(H,25,32)(H2,26,27,28)/p+1. The summed E-state index contributed by atoms with van der Waals surface area (Å²) in [5, 5.41) is 14.0. The Labute approximate surface area is 201 Å². The Bertz CT molecular complexity index is 1150. The van der Waals surface area contributed by atoms with Crippen molar-refractivity contribution in [1.82, 2.24) is 19.4 Å². The first-order chi connectivity index (χ1) is 16.7. The molecule has 11 heteroatoms. The number of rotatable bonds is 6. The van der Waals surface area contributed by atoms with Gasteiger partial charge in [0.2, 0.25) is 11.7 Å². The summed E-state index contributed by atoms with van der Waals surface area (Å²) < 4.78 is 7.47. The van der Waals surface area contributed by atoms with Gasteiger partial charge in [-0.2, -0.15) is 5.10 Å². The van der Waals surface area contributed by atoms with E-state index in [4.69, 9.17) is 4.74 Å². The summed E-state index contributed by atoms with van der Waals surface area (Å²) in [7, 11) is 0. The molecule has 6 rings (SSSR count). The van der Waals surface area contributed by atoms with E-state index in [0.29, 0.717) is 38.8 Å². The Morgan fingerprint density at radius 2 is 2.03 bits per heavy atom. The molecular weight excluding hydrogens is 452 g/mol. The van der Waals surface area contributed by atoms with Crippen molar-refractivity contribution in [3.8, 4) is 0 Å². The number of urea groups is 1. The van der Waals surface area contributed by atoms with Gasteiger partial charge in [0.15, 0.2) is 5.82 Å². The normalized spacial score (nSPS) is 21.7. The molecule has 0 bridgehead atoms. The number of morpholine rings is 1. The van der Waals surface area contributed by atoms with Crippen LogP contribution in [0.4, 0.5) is 16.3 Å². The second kappa shape index (κ2) is 9.16. The highest BCUT2D eigenvalue weighted by molar-refractivity contribution is 7.97. The van der Waals surface area contributed by atoms with Crippen molar-refractivity contribution in [2.24, 2.45) is 4.99 Å². The molecule has 2 fully saturated rings. The Hall–Kier alpha value is -3.28. The summed E-state index contributed by atoms with van der Waals surface area (Å²) in [6, 6.07) is 9.92. The van der Waals surface area contributed by atoms with Gasteiger partial charge in [-0.05, 0) is 49.1 Å². The van der Waals surface area contributed by atoms with Gasteiger partial charge in [-0.25, -0.2) is 14.7 Å². The van der Waals surface area contributed by atoms with Gasteiger partial charge < -0.3 is 15.0 Å². The lowest BCUT2D eigenvalue weighted by atomic mass is 10.3. The van der Waals surface area contributed by atoms with Gasteiger partial charge >= 0.3 is 6.03 Å². The molecule has 1 aromatic carbocycles. The van der Waals surface area contributed by atoms with E-state index >= 15 is 0 Å². The maximum atomic E-state index is 12.4. The van der Waals surface area contributed by atoms with E-state index in [0.717, 1.165) is 33.0 Å². The lowest BCUT2D eigenvalue weighted by Gasteiger charge is -2.28. The zero-order valence-corrected chi connectivity index (χ0v) is 19.5. The largest absolute Gasteiger partial charge is 0.378 e. The number of nitrogens with zero attached hydrogens (tertiary/aromatic N) is 4. The van der Waals surface area contributed by atoms with Crippen molar-refractivity contribution >= 4 is 35.3 Å². The minimum absolute atomic E-state index is 0.0867. The SMILES string of the molecule is O=C(Nc1ccc(SN2C=C(Nc3cc(C4CC4)[nH]n3)[NH+]3C=CN=C3C2)cc1)N1CCOCC1. The number of benzene rings is 1. The number of carbonyl (C=O) groups is 1. The quantitative estimate of drug-likeness (QED) is 0.474. The average molecular weight is 480 g/mol. The molecule has 1 saturated heterocycles. The molecule has 4 N–H and O–H groups in total. The van der Waals surface area contributed by atoms with Gasteiger partial charge in [-0.1, -0.05) is 0 Å². The molecule has 1 unspecified atom stereocenters. The zero-order valence-electron chi connectivity index (χ0n) is 18.7. The fourth-order valence-electron chi connectivity index (χ4n) is 4.15. The summed E-state index contributed by atoms with van der Waals surface area (Å²) in [5.74, 6) is 3.47. The molecule has 3 aliphatic heterocycles. The van der Waals surface area contributed by atoms with E-state index in [1.165, 1.54) is 18.5 Å². The molecule has 1 aliphatic carbocycles. The first kappa shape index (κ1) is 21.3. The van der Waals surface area contributed by atoms with E-state index in [9.17, 15) is 4.79 Å². The number of fused-ring (bicyclic) bond motifs is 1. The maximum absolute atomic E-state index is 12.4. The fraction of sp³-hybridized carbons (Fsp3) is 0.348. The number of carbonyl (C=O) groups excluding carboxylic acids is 1. The summed E-state index contributed by atoms with van der Waals surface area (Å²) in [5.41, 5.74) is 1.98. The highest BCUT2D eigenvalue weighted by Crippen LogP contribution is 2.39. The third-order valence-electron chi connectivity index (χ3n) is 6.16. The maximum Gasteiger partial charge on any atom is 0.321 e. The number of aromatic amines is 1. The fourth-order valence-corrected chi connectivity index (χ4v) is 5.02. The molecule has 4 heterocycles. The van der Waals surface area contributed by atoms with Crippen LogP contribution in [0.25, 0.3) is 0 Å². The zero-order chi connectivity index (χ0) is 22.9. The van der Waals surface area contributed by atoms with Crippen LogP contribution >= 0.6 is 11.9 Å². The first-order valence-electron chi connectivity index (χ1n) is 11.5. The van der Waals surface area contributed by atoms with Gasteiger partial charge in [-0.3, -0.25) is 14.7 Å². The van der Waals surface area contributed by atoms with E-state index in [-0.39, 0.29) is 6.03 Å². The van der Waals surface area contributed by atoms with Crippen LogP contribution in [-0.2, 0) is 4.74 Å². The minimum Gasteiger partial charge on any atom is -0.378 e. The van der Waals surface area contributed by atoms with Crippen LogP contribution in [0.3, 0.4) is 0 Å². The molecule has 176 valence electrons. The summed E-state index contributed by atoms with van der Waals surface area (Å²) in [6.07, 6.45) is 8.47. The van der Waals surface area contributed by atoms with Gasteiger partial charge in [0.05, 0.1) is 25.6 Å². The van der Waals surface area contributed by atoms with Crippen LogP contribution in [0.5, 0.6) is 0 Å². The Morgan fingerprint density at radius 3 is 2.82 bits per heavy atom. The number of hydrogen-bond acceptors (Lipinski definition) is 7. The second-order valence-electron chi connectivity index (χ2n) is 8.68. The van der Waals surface area contributed by atoms with E-state index in [1.807, 2.05) is 36.7 Å². The molecule has 2 amide bonds. The number of amidine groups is 1. The molecule has 10 nitrogen and oxygen atoms in total. The molecule has 2 aromatic rings. The Balaban J connectivity index is 1.11. The number of ether oxygens (including phenoxy) is 1.